The summed E-state index contributed by atoms with van der Waals surface area (Å²) >= 11 is 1.01. The van der Waals surface area contributed by atoms with Gasteiger partial charge in [0.05, 0.1) is 13.7 Å². The fourth-order valence-electron chi connectivity index (χ4n) is 1.02. The van der Waals surface area contributed by atoms with Gasteiger partial charge in [0.2, 0.25) is 0 Å². The Balaban J connectivity index is 2.83. The van der Waals surface area contributed by atoms with Crippen LogP contribution in [-0.2, 0) is 16.1 Å². The van der Waals surface area contributed by atoms with Crippen molar-refractivity contribution in [3.8, 4) is 0 Å². The number of ether oxygens (including phenoxy) is 1. The van der Waals surface area contributed by atoms with E-state index >= 15 is 0 Å². The molecule has 0 bridgehead atoms. The number of rotatable bonds is 3. The number of hydrogen-bond donors (Lipinski definition) is 1. The van der Waals surface area contributed by atoms with Gasteiger partial charge in [-0.05, 0) is 6.92 Å². The summed E-state index contributed by atoms with van der Waals surface area (Å²) in [6.45, 7) is 1.21. The minimum Gasteiger partial charge on any atom is -0.467 e. The molecule has 1 aromatic rings. The maximum absolute atomic E-state index is 11.1. The van der Waals surface area contributed by atoms with Crippen molar-refractivity contribution in [1.29, 1.82) is 0 Å². The second-order valence-electron chi connectivity index (χ2n) is 3.06. The first-order valence-electron chi connectivity index (χ1n) is 3.92. The second kappa shape index (κ2) is 3.93. The summed E-state index contributed by atoms with van der Waals surface area (Å²) in [5.41, 5.74) is -1.67. The summed E-state index contributed by atoms with van der Waals surface area (Å²) in [6, 6.07) is 0. The van der Waals surface area contributed by atoms with Gasteiger partial charge in [-0.1, -0.05) is 11.3 Å². The molecular formula is C8H11NO4S. The molecule has 14 heavy (non-hydrogen) atoms. The van der Waals surface area contributed by atoms with E-state index in [1.807, 2.05) is 0 Å². The predicted molar refractivity (Wildman–Crippen MR) is 51.2 cm³/mol. The summed E-state index contributed by atoms with van der Waals surface area (Å²) in [4.78, 5) is 22.0. The molecule has 1 unspecified atom stereocenters. The van der Waals surface area contributed by atoms with Gasteiger partial charge in [0.15, 0.2) is 5.60 Å². The Kier molecular flexibility index (Phi) is 3.07. The number of thiazole rings is 1. The highest BCUT2D eigenvalue weighted by molar-refractivity contribution is 7.07. The van der Waals surface area contributed by atoms with Crippen LogP contribution in [0.3, 0.4) is 0 Å². The smallest absolute Gasteiger partial charge is 0.339 e. The molecule has 1 N–H and O–H groups in total. The van der Waals surface area contributed by atoms with Crippen LogP contribution >= 0.6 is 11.3 Å². The summed E-state index contributed by atoms with van der Waals surface area (Å²) in [7, 11) is 1.19. The van der Waals surface area contributed by atoms with Gasteiger partial charge in [-0.2, -0.15) is 0 Å². The Morgan fingerprint density at radius 3 is 2.86 bits per heavy atom. The normalized spacial score (nSPS) is 14.8. The van der Waals surface area contributed by atoms with Crippen LogP contribution in [0.2, 0.25) is 0 Å². The molecular weight excluding hydrogens is 206 g/mol. The van der Waals surface area contributed by atoms with Crippen molar-refractivity contribution in [2.24, 2.45) is 0 Å². The van der Waals surface area contributed by atoms with E-state index in [1.165, 1.54) is 24.8 Å². The number of carbonyl (C=O) groups excluding carboxylic acids is 1. The van der Waals surface area contributed by atoms with E-state index in [1.54, 1.807) is 5.38 Å². The lowest BCUT2D eigenvalue weighted by Crippen LogP contribution is -2.42. The highest BCUT2D eigenvalue weighted by Gasteiger charge is 2.32. The average molecular weight is 217 g/mol. The lowest BCUT2D eigenvalue weighted by Gasteiger charge is -2.19. The van der Waals surface area contributed by atoms with Crippen LogP contribution in [0.15, 0.2) is 16.4 Å². The molecule has 0 aromatic carbocycles. The zero-order chi connectivity index (χ0) is 10.8. The largest absolute Gasteiger partial charge is 0.467 e. The summed E-state index contributed by atoms with van der Waals surface area (Å²) in [5, 5.41) is 11.2. The third-order valence-electron chi connectivity index (χ3n) is 1.75. The molecule has 0 saturated heterocycles. The lowest BCUT2D eigenvalue weighted by atomic mass is 10.1. The number of carbonyl (C=O) groups is 1. The van der Waals surface area contributed by atoms with E-state index in [-0.39, 0.29) is 11.4 Å². The first-order chi connectivity index (χ1) is 6.47. The number of aliphatic hydroxyl groups is 1. The average Bonchev–Trinajstić information content (AvgIpc) is 2.50. The SMILES string of the molecule is COC(=O)C(C)(O)Cn1ccsc1=O. The first kappa shape index (κ1) is 10.9. The zero-order valence-electron chi connectivity index (χ0n) is 7.89. The third kappa shape index (κ3) is 2.21. The monoisotopic (exact) mass is 217 g/mol. The van der Waals surface area contributed by atoms with Gasteiger partial charge in [-0.25, -0.2) is 4.79 Å². The van der Waals surface area contributed by atoms with Crippen molar-refractivity contribution in [2.75, 3.05) is 7.11 Å². The molecule has 0 fully saturated rings. The Labute approximate surface area is 84.6 Å². The quantitative estimate of drug-likeness (QED) is 0.714. The topological polar surface area (TPSA) is 68.5 Å². The van der Waals surface area contributed by atoms with Crippen molar-refractivity contribution < 1.29 is 14.6 Å². The van der Waals surface area contributed by atoms with E-state index in [2.05, 4.69) is 4.74 Å². The van der Waals surface area contributed by atoms with Crippen molar-refractivity contribution >= 4 is 17.3 Å². The molecule has 1 aromatic heterocycles. The maximum Gasteiger partial charge on any atom is 0.339 e. The maximum atomic E-state index is 11.1. The first-order valence-corrected chi connectivity index (χ1v) is 4.80. The molecule has 1 heterocycles. The Morgan fingerprint density at radius 1 is 1.79 bits per heavy atom. The number of aromatic nitrogens is 1. The zero-order valence-corrected chi connectivity index (χ0v) is 8.71. The van der Waals surface area contributed by atoms with Crippen molar-refractivity contribution in [3.63, 3.8) is 0 Å². The number of nitrogens with zero attached hydrogens (tertiary/aromatic N) is 1. The van der Waals surface area contributed by atoms with Crippen molar-refractivity contribution in [3.05, 3.63) is 21.2 Å². The Bertz CT molecular complexity index is 379. The molecule has 0 aliphatic heterocycles. The molecule has 78 valence electrons. The second-order valence-corrected chi connectivity index (χ2v) is 3.92. The fourth-order valence-corrected chi connectivity index (χ4v) is 1.61. The highest BCUT2D eigenvalue weighted by Crippen LogP contribution is 2.08. The van der Waals surface area contributed by atoms with Gasteiger partial charge in [0.1, 0.15) is 0 Å². The Hall–Kier alpha value is -1.14. The van der Waals surface area contributed by atoms with Gasteiger partial charge in [0, 0.05) is 11.6 Å². The van der Waals surface area contributed by atoms with Gasteiger partial charge >= 0.3 is 10.8 Å². The van der Waals surface area contributed by atoms with Crippen LogP contribution in [-0.4, -0.2) is 28.4 Å². The Morgan fingerprint density at radius 2 is 2.43 bits per heavy atom. The standard InChI is InChI=1S/C8H11NO4S/c1-8(12,6(10)13-2)5-9-3-4-14-7(9)11/h3-4,12H,5H2,1-2H3. The molecule has 0 aliphatic rings. The number of methoxy groups -OCH3 is 1. The minimum absolute atomic E-state index is 0.0952. The third-order valence-corrected chi connectivity index (χ3v) is 2.44. The lowest BCUT2D eigenvalue weighted by molar-refractivity contribution is -0.161. The van der Waals surface area contributed by atoms with Gasteiger partial charge in [0.25, 0.3) is 0 Å². The van der Waals surface area contributed by atoms with Crippen LogP contribution in [0.5, 0.6) is 0 Å². The van der Waals surface area contributed by atoms with E-state index in [0.717, 1.165) is 11.3 Å². The summed E-state index contributed by atoms with van der Waals surface area (Å²) < 4.78 is 5.67. The summed E-state index contributed by atoms with van der Waals surface area (Å²) in [5.74, 6) is -0.754. The number of esters is 1. The van der Waals surface area contributed by atoms with Gasteiger partial charge in [-0.15, -0.1) is 0 Å². The van der Waals surface area contributed by atoms with E-state index < -0.39 is 11.6 Å². The van der Waals surface area contributed by atoms with Crippen LogP contribution in [0, 0.1) is 0 Å². The van der Waals surface area contributed by atoms with Crippen LogP contribution in [0.1, 0.15) is 6.92 Å². The fraction of sp³-hybridized carbons (Fsp3) is 0.500. The number of hydrogen-bond acceptors (Lipinski definition) is 5. The van der Waals surface area contributed by atoms with Crippen LogP contribution in [0.25, 0.3) is 0 Å². The molecule has 0 aliphatic carbocycles. The van der Waals surface area contributed by atoms with Crippen LogP contribution in [0.4, 0.5) is 0 Å². The van der Waals surface area contributed by atoms with E-state index in [4.69, 9.17) is 0 Å². The summed E-state index contributed by atoms with van der Waals surface area (Å²) in [6.07, 6.45) is 1.52. The van der Waals surface area contributed by atoms with E-state index in [0.29, 0.717) is 0 Å². The molecule has 1 atom stereocenters. The predicted octanol–water partition coefficient (Wildman–Crippen LogP) is -0.166. The molecule has 1 rings (SSSR count). The van der Waals surface area contributed by atoms with E-state index in [9.17, 15) is 14.7 Å². The molecule has 0 amide bonds. The van der Waals surface area contributed by atoms with Gasteiger partial charge < -0.3 is 14.4 Å². The molecule has 0 spiro atoms. The van der Waals surface area contributed by atoms with Crippen molar-refractivity contribution in [2.45, 2.75) is 19.1 Å². The molecule has 0 radical (unpaired) electrons. The molecule has 6 heteroatoms. The van der Waals surface area contributed by atoms with Crippen molar-refractivity contribution in [1.82, 2.24) is 4.57 Å². The minimum atomic E-state index is -1.67. The highest BCUT2D eigenvalue weighted by atomic mass is 32.1. The van der Waals surface area contributed by atoms with Crippen LogP contribution < -0.4 is 4.87 Å². The molecule has 0 saturated carbocycles. The van der Waals surface area contributed by atoms with Gasteiger partial charge in [-0.3, -0.25) is 4.79 Å². The molecule has 5 nitrogen and oxygen atoms in total.